The minimum absolute atomic E-state index is 0.0909. The van der Waals surface area contributed by atoms with Gasteiger partial charge in [-0.3, -0.25) is 14.2 Å². The summed E-state index contributed by atoms with van der Waals surface area (Å²) in [7, 11) is 0. The van der Waals surface area contributed by atoms with Gasteiger partial charge in [-0.15, -0.1) is 10.2 Å². The molecular formula is C23H25N5O2S. The second kappa shape index (κ2) is 8.93. The van der Waals surface area contributed by atoms with E-state index in [0.29, 0.717) is 23.8 Å². The summed E-state index contributed by atoms with van der Waals surface area (Å²) in [5.41, 5.74) is 4.68. The topological polar surface area (TPSA) is 80.1 Å². The van der Waals surface area contributed by atoms with Crippen LogP contribution in [-0.4, -0.2) is 38.9 Å². The fourth-order valence-corrected chi connectivity index (χ4v) is 4.50. The van der Waals surface area contributed by atoms with E-state index >= 15 is 0 Å². The third-order valence-electron chi connectivity index (χ3n) is 5.28. The van der Waals surface area contributed by atoms with Crippen molar-refractivity contribution in [1.82, 2.24) is 14.8 Å². The summed E-state index contributed by atoms with van der Waals surface area (Å²) in [5.74, 6) is 0.894. The van der Waals surface area contributed by atoms with Gasteiger partial charge in [0.05, 0.1) is 22.8 Å². The summed E-state index contributed by atoms with van der Waals surface area (Å²) >= 11 is 1.34. The number of anilines is 2. The van der Waals surface area contributed by atoms with Gasteiger partial charge in [-0.1, -0.05) is 36.0 Å². The molecule has 0 unspecified atom stereocenters. The Balaban J connectivity index is 1.49. The van der Waals surface area contributed by atoms with Gasteiger partial charge in [0, 0.05) is 13.0 Å². The van der Waals surface area contributed by atoms with Crippen LogP contribution in [0.2, 0.25) is 0 Å². The number of carbonyl (C=O) groups is 2. The first kappa shape index (κ1) is 21.1. The molecule has 1 aromatic heterocycles. The van der Waals surface area contributed by atoms with Gasteiger partial charge in [-0.25, -0.2) is 0 Å². The molecule has 8 heteroatoms. The number of hydrogen-bond acceptors (Lipinski definition) is 5. The Bertz CT molecular complexity index is 1140. The molecule has 31 heavy (non-hydrogen) atoms. The fourth-order valence-electron chi connectivity index (χ4n) is 3.71. The second-order valence-corrected chi connectivity index (χ2v) is 8.60. The van der Waals surface area contributed by atoms with Gasteiger partial charge in [0.1, 0.15) is 5.82 Å². The molecule has 1 saturated heterocycles. The molecule has 0 bridgehead atoms. The zero-order valence-electron chi connectivity index (χ0n) is 17.9. The van der Waals surface area contributed by atoms with Crippen LogP contribution < -0.4 is 10.2 Å². The van der Waals surface area contributed by atoms with Crippen LogP contribution in [0.3, 0.4) is 0 Å². The Morgan fingerprint density at radius 1 is 1.10 bits per heavy atom. The number of rotatable bonds is 6. The minimum atomic E-state index is -0.155. The fraction of sp³-hybridized carbons (Fsp3) is 0.304. The molecule has 3 aromatic rings. The quantitative estimate of drug-likeness (QED) is 0.591. The van der Waals surface area contributed by atoms with Gasteiger partial charge in [0.2, 0.25) is 11.8 Å². The van der Waals surface area contributed by atoms with Gasteiger partial charge in [-0.2, -0.15) is 0 Å². The summed E-state index contributed by atoms with van der Waals surface area (Å²) in [6.07, 6.45) is 1.38. The SMILES string of the molecule is Cc1ccc(C)c(-n2c(C)nnc2SCC(=O)Nc2ccccc2N2CCCC2=O)c1. The molecular weight excluding hydrogens is 410 g/mol. The number of thioether (sulfide) groups is 1. The number of aromatic nitrogens is 3. The highest BCUT2D eigenvalue weighted by Gasteiger charge is 2.24. The van der Waals surface area contributed by atoms with E-state index in [9.17, 15) is 9.59 Å². The number of amides is 2. The first-order valence-corrected chi connectivity index (χ1v) is 11.2. The van der Waals surface area contributed by atoms with Crippen molar-refractivity contribution in [1.29, 1.82) is 0 Å². The van der Waals surface area contributed by atoms with Crippen LogP contribution in [0.25, 0.3) is 5.69 Å². The monoisotopic (exact) mass is 435 g/mol. The van der Waals surface area contributed by atoms with Crippen molar-refractivity contribution in [3.8, 4) is 5.69 Å². The van der Waals surface area contributed by atoms with Crippen LogP contribution in [0.15, 0.2) is 47.6 Å². The van der Waals surface area contributed by atoms with Crippen molar-refractivity contribution in [2.45, 2.75) is 38.8 Å². The molecule has 7 nitrogen and oxygen atoms in total. The third kappa shape index (κ3) is 4.49. The Morgan fingerprint density at radius 3 is 2.68 bits per heavy atom. The zero-order valence-corrected chi connectivity index (χ0v) is 18.7. The maximum absolute atomic E-state index is 12.7. The molecule has 0 saturated carbocycles. The summed E-state index contributed by atoms with van der Waals surface area (Å²) in [6, 6.07) is 13.7. The van der Waals surface area contributed by atoms with Crippen molar-refractivity contribution in [3.63, 3.8) is 0 Å². The number of nitrogens with zero attached hydrogens (tertiary/aromatic N) is 4. The van der Waals surface area contributed by atoms with E-state index in [2.05, 4.69) is 33.7 Å². The molecule has 4 rings (SSSR count). The lowest BCUT2D eigenvalue weighted by Crippen LogP contribution is -2.26. The molecule has 2 amide bonds. The highest BCUT2D eigenvalue weighted by atomic mass is 32.2. The number of aryl methyl sites for hydroxylation is 3. The average molecular weight is 436 g/mol. The normalized spacial score (nSPS) is 13.6. The molecule has 1 aliphatic heterocycles. The third-order valence-corrected chi connectivity index (χ3v) is 6.20. The lowest BCUT2D eigenvalue weighted by molar-refractivity contribution is -0.117. The molecule has 2 aromatic carbocycles. The predicted octanol–water partition coefficient (Wildman–Crippen LogP) is 4.05. The Morgan fingerprint density at radius 2 is 1.90 bits per heavy atom. The molecule has 0 aliphatic carbocycles. The van der Waals surface area contributed by atoms with E-state index in [-0.39, 0.29) is 17.6 Å². The molecule has 2 heterocycles. The van der Waals surface area contributed by atoms with Gasteiger partial charge in [0.25, 0.3) is 0 Å². The predicted molar refractivity (Wildman–Crippen MR) is 123 cm³/mol. The van der Waals surface area contributed by atoms with Crippen LogP contribution in [0.5, 0.6) is 0 Å². The van der Waals surface area contributed by atoms with E-state index in [1.807, 2.05) is 49.6 Å². The van der Waals surface area contributed by atoms with Crippen molar-refractivity contribution in [2.75, 3.05) is 22.5 Å². The summed E-state index contributed by atoms with van der Waals surface area (Å²) in [5, 5.41) is 12.1. The van der Waals surface area contributed by atoms with E-state index < -0.39 is 0 Å². The maximum atomic E-state index is 12.7. The van der Waals surface area contributed by atoms with Gasteiger partial charge >= 0.3 is 0 Å². The lowest BCUT2D eigenvalue weighted by atomic mass is 10.1. The van der Waals surface area contributed by atoms with Crippen molar-refractivity contribution >= 4 is 35.0 Å². The first-order chi connectivity index (χ1) is 14.9. The minimum Gasteiger partial charge on any atom is -0.324 e. The van der Waals surface area contributed by atoms with Crippen LogP contribution in [-0.2, 0) is 9.59 Å². The molecule has 160 valence electrons. The highest BCUT2D eigenvalue weighted by Crippen LogP contribution is 2.30. The van der Waals surface area contributed by atoms with E-state index in [4.69, 9.17) is 0 Å². The summed E-state index contributed by atoms with van der Waals surface area (Å²) in [4.78, 5) is 26.6. The molecule has 0 radical (unpaired) electrons. The highest BCUT2D eigenvalue weighted by molar-refractivity contribution is 7.99. The summed E-state index contributed by atoms with van der Waals surface area (Å²) < 4.78 is 1.98. The lowest BCUT2D eigenvalue weighted by Gasteiger charge is -2.20. The van der Waals surface area contributed by atoms with Crippen LogP contribution in [0, 0.1) is 20.8 Å². The van der Waals surface area contributed by atoms with Gasteiger partial charge in [0.15, 0.2) is 5.16 Å². The average Bonchev–Trinajstić information content (AvgIpc) is 3.34. The van der Waals surface area contributed by atoms with Crippen LogP contribution >= 0.6 is 11.8 Å². The van der Waals surface area contributed by atoms with Crippen molar-refractivity contribution < 1.29 is 9.59 Å². The molecule has 1 aliphatic rings. The van der Waals surface area contributed by atoms with E-state index in [1.165, 1.54) is 11.8 Å². The Labute approximate surface area is 185 Å². The molecule has 0 spiro atoms. The van der Waals surface area contributed by atoms with Crippen molar-refractivity contribution in [2.24, 2.45) is 0 Å². The Hall–Kier alpha value is -3.13. The smallest absolute Gasteiger partial charge is 0.234 e. The van der Waals surface area contributed by atoms with E-state index in [1.54, 1.807) is 4.90 Å². The second-order valence-electron chi connectivity index (χ2n) is 7.66. The van der Waals surface area contributed by atoms with Crippen LogP contribution in [0.1, 0.15) is 29.8 Å². The Kier molecular flexibility index (Phi) is 6.08. The number of benzene rings is 2. The number of para-hydroxylation sites is 2. The van der Waals surface area contributed by atoms with Crippen molar-refractivity contribution in [3.05, 3.63) is 59.4 Å². The maximum Gasteiger partial charge on any atom is 0.234 e. The van der Waals surface area contributed by atoms with Crippen LogP contribution in [0.4, 0.5) is 11.4 Å². The number of carbonyl (C=O) groups excluding carboxylic acids is 2. The van der Waals surface area contributed by atoms with E-state index in [0.717, 1.165) is 34.7 Å². The molecule has 1 N–H and O–H groups in total. The van der Waals surface area contributed by atoms with Gasteiger partial charge in [-0.05, 0) is 56.5 Å². The first-order valence-electron chi connectivity index (χ1n) is 10.3. The molecule has 0 atom stereocenters. The number of nitrogens with one attached hydrogen (secondary N) is 1. The molecule has 1 fully saturated rings. The largest absolute Gasteiger partial charge is 0.324 e. The number of hydrogen-bond donors (Lipinski definition) is 1. The summed E-state index contributed by atoms with van der Waals surface area (Å²) in [6.45, 7) is 6.68. The zero-order chi connectivity index (χ0) is 22.0. The standard InChI is InChI=1S/C23H25N5O2S/c1-15-10-11-16(2)20(13-15)28-17(3)25-26-23(28)31-14-21(29)24-18-7-4-5-8-19(18)27-12-6-9-22(27)30/h4-5,7-8,10-11,13H,6,9,12,14H2,1-3H3,(H,24,29). The van der Waals surface area contributed by atoms with Gasteiger partial charge < -0.3 is 10.2 Å².